The average Bonchev–Trinajstić information content (AvgIpc) is 2.40. The maximum Gasteiger partial charge on any atom is 0.0318 e. The van der Waals surface area contributed by atoms with E-state index in [9.17, 15) is 0 Å². The van der Waals surface area contributed by atoms with E-state index in [4.69, 9.17) is 5.73 Å². The first-order chi connectivity index (χ1) is 9.77. The zero-order chi connectivity index (χ0) is 15.6. The molecule has 0 saturated heterocycles. The van der Waals surface area contributed by atoms with Gasteiger partial charge in [0.15, 0.2) is 0 Å². The van der Waals surface area contributed by atoms with E-state index in [-0.39, 0.29) is 11.5 Å². The molecule has 1 nitrogen and oxygen atoms in total. The zero-order valence-corrected chi connectivity index (χ0v) is 15.4. The molecule has 2 rings (SSSR count). The van der Waals surface area contributed by atoms with Gasteiger partial charge >= 0.3 is 0 Å². The normalized spacial score (nSPS) is 13.2. The number of rotatable bonds is 3. The largest absolute Gasteiger partial charge is 0.324 e. The second-order valence-corrected chi connectivity index (χ2v) is 8.32. The van der Waals surface area contributed by atoms with Gasteiger partial charge < -0.3 is 5.73 Å². The molecule has 0 fully saturated rings. The van der Waals surface area contributed by atoms with Crippen molar-refractivity contribution in [3.8, 4) is 0 Å². The number of benzene rings is 2. The van der Waals surface area contributed by atoms with Crippen molar-refractivity contribution in [2.75, 3.05) is 0 Å². The Balaban J connectivity index is 2.19. The van der Waals surface area contributed by atoms with Crippen LogP contribution in [0.1, 0.15) is 44.9 Å². The molecular weight excluding hydrogens is 342 g/mol. The summed E-state index contributed by atoms with van der Waals surface area (Å²) in [5, 5.41) is 0. The molecule has 2 aromatic carbocycles. The molecule has 0 unspecified atom stereocenters. The van der Waals surface area contributed by atoms with E-state index >= 15 is 0 Å². The lowest BCUT2D eigenvalue weighted by atomic mass is 9.87. The van der Waals surface area contributed by atoms with Crippen LogP contribution >= 0.6 is 27.7 Å². The summed E-state index contributed by atoms with van der Waals surface area (Å²) in [6, 6.07) is 15.2. The Morgan fingerprint density at radius 1 is 1.05 bits per heavy atom. The molecule has 0 saturated carbocycles. The molecule has 0 aliphatic heterocycles. The van der Waals surface area contributed by atoms with E-state index in [1.54, 1.807) is 11.8 Å². The summed E-state index contributed by atoms with van der Waals surface area (Å²) in [5.74, 6) is 0. The fourth-order valence-electron chi connectivity index (χ4n) is 2.03. The molecule has 0 aliphatic rings. The summed E-state index contributed by atoms with van der Waals surface area (Å²) in [4.78, 5) is 2.46. The van der Waals surface area contributed by atoms with Crippen LogP contribution in [-0.4, -0.2) is 0 Å². The van der Waals surface area contributed by atoms with E-state index in [2.05, 4.69) is 79.2 Å². The number of halogens is 1. The smallest absolute Gasteiger partial charge is 0.0318 e. The molecule has 0 aromatic heterocycles. The predicted octanol–water partition coefficient (Wildman–Crippen LogP) is 5.92. The van der Waals surface area contributed by atoms with Crippen molar-refractivity contribution in [1.29, 1.82) is 0 Å². The van der Waals surface area contributed by atoms with Crippen LogP contribution in [0.2, 0.25) is 0 Å². The fraction of sp³-hybridized carbons (Fsp3) is 0.333. The minimum atomic E-state index is 0.0615. The molecule has 2 aromatic rings. The summed E-state index contributed by atoms with van der Waals surface area (Å²) < 4.78 is 1.10. The zero-order valence-electron chi connectivity index (χ0n) is 13.0. The highest BCUT2D eigenvalue weighted by Gasteiger charge is 2.13. The third kappa shape index (κ3) is 4.35. The maximum atomic E-state index is 5.91. The fourth-order valence-corrected chi connectivity index (χ4v) is 3.49. The number of hydrogen-bond acceptors (Lipinski definition) is 2. The van der Waals surface area contributed by atoms with Gasteiger partial charge in [-0.2, -0.15) is 0 Å². The van der Waals surface area contributed by atoms with Crippen LogP contribution in [0.3, 0.4) is 0 Å². The molecule has 0 bridgehead atoms. The Kier molecular flexibility index (Phi) is 5.18. The highest BCUT2D eigenvalue weighted by Crippen LogP contribution is 2.35. The number of hydrogen-bond donors (Lipinski definition) is 1. The van der Waals surface area contributed by atoms with Crippen LogP contribution in [0.25, 0.3) is 0 Å². The van der Waals surface area contributed by atoms with Gasteiger partial charge in [0.1, 0.15) is 0 Å². The van der Waals surface area contributed by atoms with Gasteiger partial charge in [0, 0.05) is 20.3 Å². The SMILES string of the molecule is C[C@@H](N)c1ccc(Sc2ccc(C(C)(C)C)cc2)c(Br)c1. The van der Waals surface area contributed by atoms with Crippen LogP contribution in [0.15, 0.2) is 56.7 Å². The van der Waals surface area contributed by atoms with Gasteiger partial charge in [0.25, 0.3) is 0 Å². The molecule has 0 amide bonds. The maximum absolute atomic E-state index is 5.91. The minimum absolute atomic E-state index is 0.0615. The first-order valence-corrected chi connectivity index (χ1v) is 8.72. The highest BCUT2D eigenvalue weighted by molar-refractivity contribution is 9.10. The molecule has 3 heteroatoms. The van der Waals surface area contributed by atoms with Crippen molar-refractivity contribution in [3.63, 3.8) is 0 Å². The van der Waals surface area contributed by atoms with Crippen molar-refractivity contribution in [1.82, 2.24) is 0 Å². The van der Waals surface area contributed by atoms with E-state index in [1.165, 1.54) is 15.4 Å². The quantitative estimate of drug-likeness (QED) is 0.732. The molecule has 0 radical (unpaired) electrons. The molecule has 2 N–H and O–H groups in total. The van der Waals surface area contributed by atoms with Gasteiger partial charge in [-0.15, -0.1) is 0 Å². The second kappa shape index (κ2) is 6.55. The Morgan fingerprint density at radius 3 is 2.14 bits per heavy atom. The standard InChI is InChI=1S/C18H22BrNS/c1-12(20)13-5-10-17(16(19)11-13)21-15-8-6-14(7-9-15)18(2,3)4/h5-12H,20H2,1-4H3/t12-/m1/s1. The first-order valence-electron chi connectivity index (χ1n) is 7.11. The molecule has 112 valence electrons. The molecular formula is C18H22BrNS. The summed E-state index contributed by atoms with van der Waals surface area (Å²) >= 11 is 5.41. The lowest BCUT2D eigenvalue weighted by molar-refractivity contribution is 0.590. The van der Waals surface area contributed by atoms with Crippen molar-refractivity contribution in [2.24, 2.45) is 5.73 Å². The molecule has 1 atom stereocenters. The Hall–Kier alpha value is -0.770. The van der Waals surface area contributed by atoms with E-state index in [1.807, 2.05) is 6.92 Å². The van der Waals surface area contributed by atoms with E-state index in [0.717, 1.165) is 10.0 Å². The van der Waals surface area contributed by atoms with Crippen molar-refractivity contribution in [3.05, 3.63) is 58.1 Å². The van der Waals surface area contributed by atoms with Crippen molar-refractivity contribution in [2.45, 2.75) is 48.9 Å². The highest BCUT2D eigenvalue weighted by atomic mass is 79.9. The third-order valence-corrected chi connectivity index (χ3v) is 5.43. The van der Waals surface area contributed by atoms with Crippen LogP contribution < -0.4 is 5.73 Å². The summed E-state index contributed by atoms with van der Waals surface area (Å²) in [6.07, 6.45) is 0. The van der Waals surface area contributed by atoms with Gasteiger partial charge in [0.05, 0.1) is 0 Å². The Morgan fingerprint density at radius 2 is 1.67 bits per heavy atom. The average molecular weight is 364 g/mol. The number of nitrogens with two attached hydrogens (primary N) is 1. The predicted molar refractivity (Wildman–Crippen MR) is 96.0 cm³/mol. The van der Waals surface area contributed by atoms with Gasteiger partial charge in [-0.3, -0.25) is 0 Å². The van der Waals surface area contributed by atoms with Gasteiger partial charge in [0.2, 0.25) is 0 Å². The van der Waals surface area contributed by atoms with Crippen LogP contribution in [0, 0.1) is 0 Å². The van der Waals surface area contributed by atoms with Crippen molar-refractivity contribution < 1.29 is 0 Å². The molecule has 21 heavy (non-hydrogen) atoms. The van der Waals surface area contributed by atoms with Crippen LogP contribution in [-0.2, 0) is 5.41 Å². The second-order valence-electron chi connectivity index (χ2n) is 6.35. The van der Waals surface area contributed by atoms with E-state index < -0.39 is 0 Å². The third-order valence-electron chi connectivity index (χ3n) is 3.43. The Labute approximate surface area is 140 Å². The van der Waals surface area contributed by atoms with Gasteiger partial charge in [-0.1, -0.05) is 50.7 Å². The van der Waals surface area contributed by atoms with Crippen LogP contribution in [0.5, 0.6) is 0 Å². The Bertz CT molecular complexity index is 612. The molecule has 0 spiro atoms. The first kappa shape index (κ1) is 16.6. The van der Waals surface area contributed by atoms with E-state index in [0.29, 0.717) is 0 Å². The monoisotopic (exact) mass is 363 g/mol. The molecule has 0 heterocycles. The minimum Gasteiger partial charge on any atom is -0.324 e. The topological polar surface area (TPSA) is 26.0 Å². The lowest BCUT2D eigenvalue weighted by Crippen LogP contribution is -2.10. The summed E-state index contributed by atoms with van der Waals surface area (Å²) in [5.41, 5.74) is 8.62. The lowest BCUT2D eigenvalue weighted by Gasteiger charge is -2.19. The van der Waals surface area contributed by atoms with Crippen molar-refractivity contribution >= 4 is 27.7 Å². The van der Waals surface area contributed by atoms with Gasteiger partial charge in [-0.25, -0.2) is 0 Å². The van der Waals surface area contributed by atoms with Crippen LogP contribution in [0.4, 0.5) is 0 Å². The van der Waals surface area contributed by atoms with Gasteiger partial charge in [-0.05, 0) is 63.7 Å². The summed E-state index contributed by atoms with van der Waals surface area (Å²) in [7, 11) is 0. The molecule has 0 aliphatic carbocycles. The summed E-state index contributed by atoms with van der Waals surface area (Å²) in [6.45, 7) is 8.70.